The fraction of sp³-hybridized carbons (Fsp3) is 0.320. The van der Waals surface area contributed by atoms with Crippen molar-refractivity contribution in [3.05, 3.63) is 70.1 Å². The third-order valence-corrected chi connectivity index (χ3v) is 7.60. The smallest absolute Gasteiger partial charge is 0.269 e. The Balaban J connectivity index is 1.82. The number of halogens is 2. The number of methoxy groups -OCH3 is 1. The Hall–Kier alpha value is -3.80. The standard InChI is InChI=1S/C25H26F2N4O5S/c1-14-12-25(2,3)31(13-14)22-16(23(32)30-37(34,35)20-6-5-9-28-24(20)33)7-8-19(29-22)15-10-17(26)21(36-4)18(27)11-15/h5-11,14H,12-13H2,1-4H3,(H,28,33)(H,30,32)/t14-/m0/s1. The number of aromatic nitrogens is 2. The zero-order valence-corrected chi connectivity index (χ0v) is 21.4. The van der Waals surface area contributed by atoms with Crippen LogP contribution in [-0.2, 0) is 10.0 Å². The lowest BCUT2D eigenvalue weighted by atomic mass is 9.97. The predicted octanol–water partition coefficient (Wildman–Crippen LogP) is 3.47. The zero-order chi connectivity index (χ0) is 27.1. The highest BCUT2D eigenvalue weighted by molar-refractivity contribution is 7.90. The molecule has 3 aromatic rings. The van der Waals surface area contributed by atoms with Gasteiger partial charge >= 0.3 is 0 Å². The minimum absolute atomic E-state index is 0.0729. The lowest BCUT2D eigenvalue weighted by Crippen LogP contribution is -2.41. The van der Waals surface area contributed by atoms with Crippen molar-refractivity contribution >= 4 is 21.7 Å². The van der Waals surface area contributed by atoms with E-state index in [9.17, 15) is 26.8 Å². The zero-order valence-electron chi connectivity index (χ0n) is 20.6. The lowest BCUT2D eigenvalue weighted by molar-refractivity contribution is 0.0981. The Morgan fingerprint density at radius 3 is 2.46 bits per heavy atom. The van der Waals surface area contributed by atoms with Crippen molar-refractivity contribution in [2.45, 2.75) is 37.6 Å². The molecule has 1 atom stereocenters. The van der Waals surface area contributed by atoms with E-state index in [2.05, 4.69) is 9.97 Å². The van der Waals surface area contributed by atoms with E-state index in [0.717, 1.165) is 31.7 Å². The summed E-state index contributed by atoms with van der Waals surface area (Å²) in [6.07, 6.45) is 2.04. The maximum atomic E-state index is 14.4. The van der Waals surface area contributed by atoms with E-state index < -0.39 is 49.3 Å². The van der Waals surface area contributed by atoms with Crippen molar-refractivity contribution in [2.75, 3.05) is 18.6 Å². The van der Waals surface area contributed by atoms with Crippen molar-refractivity contribution in [3.8, 4) is 17.0 Å². The van der Waals surface area contributed by atoms with Gasteiger partial charge in [-0.15, -0.1) is 0 Å². The number of nitrogens with zero attached hydrogens (tertiary/aromatic N) is 2. The first-order chi connectivity index (χ1) is 17.3. The second-order valence-electron chi connectivity index (χ2n) is 9.57. The van der Waals surface area contributed by atoms with Crippen molar-refractivity contribution in [3.63, 3.8) is 0 Å². The summed E-state index contributed by atoms with van der Waals surface area (Å²) < 4.78 is 61.1. The average molecular weight is 533 g/mol. The van der Waals surface area contributed by atoms with Crippen LogP contribution in [-0.4, -0.2) is 43.5 Å². The van der Waals surface area contributed by atoms with Gasteiger partial charge in [0.05, 0.1) is 18.4 Å². The molecule has 37 heavy (non-hydrogen) atoms. The quantitative estimate of drug-likeness (QED) is 0.499. The Morgan fingerprint density at radius 2 is 1.89 bits per heavy atom. The molecule has 1 aliphatic rings. The molecule has 1 saturated heterocycles. The number of rotatable bonds is 6. The van der Waals surface area contributed by atoms with Gasteiger partial charge in [0.1, 0.15) is 5.82 Å². The molecule has 0 unspecified atom stereocenters. The fourth-order valence-corrected chi connectivity index (χ4v) is 5.73. The van der Waals surface area contributed by atoms with Crippen LogP contribution in [0.4, 0.5) is 14.6 Å². The number of H-pyrrole nitrogens is 1. The van der Waals surface area contributed by atoms with Crippen LogP contribution in [0.5, 0.6) is 5.75 Å². The molecule has 4 rings (SSSR count). The lowest BCUT2D eigenvalue weighted by Gasteiger charge is -2.34. The molecule has 1 aromatic carbocycles. The molecule has 1 amide bonds. The van der Waals surface area contributed by atoms with Gasteiger partial charge in [0.2, 0.25) is 0 Å². The molecule has 2 aromatic heterocycles. The van der Waals surface area contributed by atoms with E-state index in [-0.39, 0.29) is 28.6 Å². The topological polar surface area (TPSA) is 121 Å². The van der Waals surface area contributed by atoms with Crippen LogP contribution in [0.15, 0.2) is 52.3 Å². The summed E-state index contributed by atoms with van der Waals surface area (Å²) >= 11 is 0. The molecule has 1 fully saturated rings. The number of carbonyl (C=O) groups is 1. The van der Waals surface area contributed by atoms with E-state index in [1.165, 1.54) is 24.4 Å². The number of anilines is 1. The second kappa shape index (κ2) is 9.58. The van der Waals surface area contributed by atoms with E-state index in [4.69, 9.17) is 4.74 Å². The molecule has 0 spiro atoms. The summed E-state index contributed by atoms with van der Waals surface area (Å²) in [6, 6.07) is 7.25. The molecule has 0 bridgehead atoms. The first kappa shape index (κ1) is 26.3. The van der Waals surface area contributed by atoms with Crippen molar-refractivity contribution in [1.29, 1.82) is 0 Å². The van der Waals surface area contributed by atoms with Gasteiger partial charge in [-0.05, 0) is 62.6 Å². The third kappa shape index (κ3) is 5.06. The number of benzene rings is 1. The number of hydrogen-bond donors (Lipinski definition) is 2. The average Bonchev–Trinajstić information content (AvgIpc) is 3.09. The van der Waals surface area contributed by atoms with Gasteiger partial charge in [-0.1, -0.05) is 6.92 Å². The maximum absolute atomic E-state index is 14.4. The number of ether oxygens (including phenoxy) is 1. The van der Waals surface area contributed by atoms with Gasteiger partial charge in [-0.25, -0.2) is 26.9 Å². The second-order valence-corrected chi connectivity index (χ2v) is 11.2. The molecule has 0 aliphatic carbocycles. The van der Waals surface area contributed by atoms with Gasteiger partial charge in [-0.2, -0.15) is 0 Å². The number of sulfonamides is 1. The summed E-state index contributed by atoms with van der Waals surface area (Å²) in [4.78, 5) is 33.3. The molecule has 3 heterocycles. The molecular weight excluding hydrogens is 506 g/mol. The molecule has 12 heteroatoms. The Morgan fingerprint density at radius 1 is 1.22 bits per heavy atom. The fourth-order valence-electron chi connectivity index (χ4n) is 4.70. The number of carbonyl (C=O) groups excluding carboxylic acids is 1. The van der Waals surface area contributed by atoms with Gasteiger partial charge in [0, 0.05) is 23.8 Å². The number of hydrogen-bond acceptors (Lipinski definition) is 7. The highest BCUT2D eigenvalue weighted by Crippen LogP contribution is 2.38. The summed E-state index contributed by atoms with van der Waals surface area (Å²) in [5.74, 6) is -2.98. The van der Waals surface area contributed by atoms with Gasteiger partial charge in [-0.3, -0.25) is 9.59 Å². The SMILES string of the molecule is COc1c(F)cc(-c2ccc(C(=O)NS(=O)(=O)c3ccc[nH]c3=O)c(N3C[C@@H](C)CC3(C)C)n2)cc1F. The largest absolute Gasteiger partial charge is 0.491 e. The van der Waals surface area contributed by atoms with Crippen LogP contribution < -0.4 is 19.9 Å². The summed E-state index contributed by atoms with van der Waals surface area (Å²) in [5, 5.41) is 0. The monoisotopic (exact) mass is 532 g/mol. The van der Waals surface area contributed by atoms with Gasteiger partial charge in [0.25, 0.3) is 21.5 Å². The van der Waals surface area contributed by atoms with Gasteiger partial charge in [0.15, 0.2) is 22.3 Å². The normalized spacial score (nSPS) is 17.0. The van der Waals surface area contributed by atoms with E-state index >= 15 is 0 Å². The van der Waals surface area contributed by atoms with E-state index in [1.807, 2.05) is 30.4 Å². The first-order valence-electron chi connectivity index (χ1n) is 11.4. The minimum atomic E-state index is -4.50. The van der Waals surface area contributed by atoms with E-state index in [1.54, 1.807) is 0 Å². The number of amides is 1. The Labute approximate surface area is 212 Å². The Bertz CT molecular complexity index is 1520. The van der Waals surface area contributed by atoms with Gasteiger partial charge < -0.3 is 14.6 Å². The summed E-state index contributed by atoms with van der Waals surface area (Å²) in [6.45, 7) is 6.46. The van der Waals surface area contributed by atoms with Crippen molar-refractivity contribution in [1.82, 2.24) is 14.7 Å². The molecule has 0 saturated carbocycles. The Kier molecular flexibility index (Phi) is 6.80. The minimum Gasteiger partial charge on any atom is -0.491 e. The first-order valence-corrected chi connectivity index (χ1v) is 12.9. The highest BCUT2D eigenvalue weighted by atomic mass is 32.2. The van der Waals surface area contributed by atoms with Crippen LogP contribution in [0.3, 0.4) is 0 Å². The van der Waals surface area contributed by atoms with Crippen LogP contribution in [0.25, 0.3) is 11.3 Å². The van der Waals surface area contributed by atoms with Crippen molar-refractivity contribution in [2.24, 2.45) is 5.92 Å². The molecule has 2 N–H and O–H groups in total. The number of nitrogens with one attached hydrogen (secondary N) is 2. The predicted molar refractivity (Wildman–Crippen MR) is 133 cm³/mol. The van der Waals surface area contributed by atoms with Crippen LogP contribution in [0, 0.1) is 17.6 Å². The van der Waals surface area contributed by atoms with Crippen LogP contribution in [0.2, 0.25) is 0 Å². The summed E-state index contributed by atoms with van der Waals surface area (Å²) in [7, 11) is -3.35. The number of aromatic amines is 1. The summed E-state index contributed by atoms with van der Waals surface area (Å²) in [5.41, 5.74) is -1.13. The molecule has 0 radical (unpaired) electrons. The van der Waals surface area contributed by atoms with E-state index in [0.29, 0.717) is 6.54 Å². The van der Waals surface area contributed by atoms with Crippen LogP contribution >= 0.6 is 0 Å². The molecular formula is C25H26F2N4O5S. The molecule has 1 aliphatic heterocycles. The molecule has 9 nitrogen and oxygen atoms in total. The van der Waals surface area contributed by atoms with Crippen LogP contribution in [0.1, 0.15) is 37.6 Å². The molecule has 196 valence electrons. The van der Waals surface area contributed by atoms with Crippen molar-refractivity contribution < 1.29 is 26.7 Å². The number of pyridine rings is 2. The maximum Gasteiger partial charge on any atom is 0.269 e. The third-order valence-electron chi connectivity index (χ3n) is 6.25. The highest BCUT2D eigenvalue weighted by Gasteiger charge is 2.39.